The summed E-state index contributed by atoms with van der Waals surface area (Å²) in [7, 11) is 0. The first-order valence-corrected chi connectivity index (χ1v) is 10.5. The summed E-state index contributed by atoms with van der Waals surface area (Å²) in [6, 6.07) is 12.8. The molecule has 27 heavy (non-hydrogen) atoms. The van der Waals surface area contributed by atoms with Gasteiger partial charge in [-0.3, -0.25) is 4.79 Å². The molecule has 0 spiro atoms. The van der Waals surface area contributed by atoms with E-state index >= 15 is 0 Å². The van der Waals surface area contributed by atoms with E-state index in [0.717, 1.165) is 48.3 Å². The Morgan fingerprint density at radius 2 is 1.74 bits per heavy atom. The van der Waals surface area contributed by atoms with Crippen LogP contribution in [0.25, 0.3) is 0 Å². The van der Waals surface area contributed by atoms with Crippen molar-refractivity contribution in [3.8, 4) is 5.75 Å². The molecule has 0 saturated carbocycles. The van der Waals surface area contributed by atoms with Gasteiger partial charge in [0.2, 0.25) is 0 Å². The number of rotatable bonds is 4. The Labute approximate surface area is 179 Å². The number of piperidine rings is 1. The van der Waals surface area contributed by atoms with Gasteiger partial charge in [0, 0.05) is 29.2 Å². The molecule has 2 aromatic rings. The van der Waals surface area contributed by atoms with Gasteiger partial charge in [0.25, 0.3) is 0 Å². The monoisotopic (exact) mass is 471 g/mol. The fraction of sp³-hybridized carbons (Fsp3) is 0.381. The minimum atomic E-state index is 0.104. The maximum Gasteiger partial charge on any atom is 0.159 e. The molecule has 0 aromatic heterocycles. The molecule has 0 bridgehead atoms. The number of likely N-dealkylation sites (tertiary alicyclic amines) is 1. The maximum absolute atomic E-state index is 10.7. The van der Waals surface area contributed by atoms with Crippen molar-refractivity contribution in [2.75, 3.05) is 19.6 Å². The van der Waals surface area contributed by atoms with Gasteiger partial charge in [-0.2, -0.15) is 0 Å². The number of carbonyl (C=O) groups excluding carboxylic acids is 1. The number of hydrogen-bond donors (Lipinski definition) is 0. The molecule has 0 unspecified atom stereocenters. The smallest absolute Gasteiger partial charge is 0.159 e. The maximum atomic E-state index is 10.7. The Kier molecular flexibility index (Phi) is 9.10. The average molecular weight is 473 g/mol. The lowest BCUT2D eigenvalue weighted by Crippen LogP contribution is -2.37. The lowest BCUT2D eigenvalue weighted by molar-refractivity contribution is 0.101. The van der Waals surface area contributed by atoms with Gasteiger partial charge in [-0.05, 0) is 50.6 Å². The van der Waals surface area contributed by atoms with Crippen LogP contribution in [0.5, 0.6) is 5.75 Å². The molecule has 0 radical (unpaired) electrons. The minimum absolute atomic E-state index is 0.104. The van der Waals surface area contributed by atoms with E-state index in [1.165, 1.54) is 0 Å². The van der Waals surface area contributed by atoms with E-state index in [4.69, 9.17) is 27.9 Å². The molecule has 1 aliphatic heterocycles. The second kappa shape index (κ2) is 11.1. The lowest BCUT2D eigenvalue weighted by atomic mass is 10.1. The molecular formula is C21H24BrCl2NO2. The van der Waals surface area contributed by atoms with Crippen molar-refractivity contribution in [1.29, 1.82) is 0 Å². The summed E-state index contributed by atoms with van der Waals surface area (Å²) in [6.45, 7) is 7.11. The highest BCUT2D eigenvalue weighted by Gasteiger charge is 2.19. The fourth-order valence-electron chi connectivity index (χ4n) is 2.77. The third-order valence-corrected chi connectivity index (χ3v) is 5.69. The molecule has 1 fully saturated rings. The normalized spacial score (nSPS) is 15.0. The minimum Gasteiger partial charge on any atom is -0.490 e. The molecule has 0 aliphatic carbocycles. The molecule has 3 rings (SSSR count). The van der Waals surface area contributed by atoms with E-state index < -0.39 is 0 Å². The van der Waals surface area contributed by atoms with Crippen LogP contribution in [0, 0.1) is 0 Å². The first kappa shape index (κ1) is 22.2. The molecular weight excluding hydrogens is 449 g/mol. The molecule has 1 heterocycles. The van der Waals surface area contributed by atoms with Gasteiger partial charge in [-0.25, -0.2) is 0 Å². The SMILES string of the molecule is CC(=O)c1ccc(Br)cc1.CCN1CCC(Oc2ccc(Cl)c(Cl)c2)CC1. The van der Waals surface area contributed by atoms with Crippen LogP contribution in [-0.4, -0.2) is 36.4 Å². The van der Waals surface area contributed by atoms with Crippen LogP contribution in [0.3, 0.4) is 0 Å². The van der Waals surface area contributed by atoms with Crippen LogP contribution in [0.4, 0.5) is 0 Å². The number of ether oxygens (including phenoxy) is 1. The molecule has 0 amide bonds. The van der Waals surface area contributed by atoms with Crippen LogP contribution in [-0.2, 0) is 0 Å². The van der Waals surface area contributed by atoms with Crippen molar-refractivity contribution >= 4 is 44.9 Å². The molecule has 0 N–H and O–H groups in total. The zero-order valence-corrected chi connectivity index (χ0v) is 18.6. The van der Waals surface area contributed by atoms with Crippen molar-refractivity contribution in [3.05, 3.63) is 62.5 Å². The van der Waals surface area contributed by atoms with E-state index in [0.29, 0.717) is 16.1 Å². The molecule has 1 saturated heterocycles. The standard InChI is InChI=1S/C13H17Cl2NO.C8H7BrO/c1-2-16-7-5-10(6-8-16)17-11-3-4-12(14)13(15)9-11;1-6(10)7-2-4-8(9)5-3-7/h3-4,9-10H,2,5-8H2,1H3;2-5H,1H3. The first-order valence-electron chi connectivity index (χ1n) is 8.99. The van der Waals surface area contributed by atoms with Gasteiger partial charge in [0.05, 0.1) is 10.0 Å². The number of benzene rings is 2. The van der Waals surface area contributed by atoms with E-state index in [2.05, 4.69) is 27.8 Å². The Morgan fingerprint density at radius 3 is 2.26 bits per heavy atom. The van der Waals surface area contributed by atoms with E-state index in [-0.39, 0.29) is 5.78 Å². The van der Waals surface area contributed by atoms with Gasteiger partial charge in [0.1, 0.15) is 11.9 Å². The third-order valence-electron chi connectivity index (χ3n) is 4.43. The van der Waals surface area contributed by atoms with Gasteiger partial charge >= 0.3 is 0 Å². The van der Waals surface area contributed by atoms with Crippen molar-refractivity contribution in [3.63, 3.8) is 0 Å². The first-order chi connectivity index (χ1) is 12.9. The number of hydrogen-bond acceptors (Lipinski definition) is 3. The summed E-state index contributed by atoms with van der Waals surface area (Å²) >= 11 is 15.1. The van der Waals surface area contributed by atoms with Crippen LogP contribution in [0.2, 0.25) is 10.0 Å². The van der Waals surface area contributed by atoms with Crippen molar-refractivity contribution in [2.24, 2.45) is 0 Å². The van der Waals surface area contributed by atoms with E-state index in [1.54, 1.807) is 31.2 Å². The molecule has 3 nitrogen and oxygen atoms in total. The van der Waals surface area contributed by atoms with Gasteiger partial charge in [0.15, 0.2) is 5.78 Å². The predicted octanol–water partition coefficient (Wildman–Crippen LogP) is 6.51. The molecule has 6 heteroatoms. The molecule has 146 valence electrons. The lowest BCUT2D eigenvalue weighted by Gasteiger charge is -2.31. The number of carbonyl (C=O) groups is 1. The Morgan fingerprint density at radius 1 is 1.11 bits per heavy atom. The number of ketones is 1. The van der Waals surface area contributed by atoms with Crippen molar-refractivity contribution in [2.45, 2.75) is 32.8 Å². The summed E-state index contributed by atoms with van der Waals surface area (Å²) in [4.78, 5) is 13.2. The van der Waals surface area contributed by atoms with Crippen LogP contribution in [0.1, 0.15) is 37.0 Å². The van der Waals surface area contributed by atoms with Crippen LogP contribution >= 0.6 is 39.1 Å². The summed E-state index contributed by atoms with van der Waals surface area (Å²) in [5.41, 5.74) is 0.753. The third kappa shape index (κ3) is 7.46. The zero-order chi connectivity index (χ0) is 19.8. The van der Waals surface area contributed by atoms with Crippen LogP contribution < -0.4 is 4.74 Å². The largest absolute Gasteiger partial charge is 0.490 e. The Hall–Kier alpha value is -1.07. The number of halogens is 3. The molecule has 1 aliphatic rings. The quantitative estimate of drug-likeness (QED) is 0.475. The van der Waals surface area contributed by atoms with Crippen LogP contribution in [0.15, 0.2) is 46.9 Å². The van der Waals surface area contributed by atoms with Gasteiger partial charge < -0.3 is 9.64 Å². The van der Waals surface area contributed by atoms with Crippen molar-refractivity contribution in [1.82, 2.24) is 4.90 Å². The summed E-state index contributed by atoms with van der Waals surface area (Å²) < 4.78 is 6.91. The molecule has 0 atom stereocenters. The summed E-state index contributed by atoms with van der Waals surface area (Å²) in [5, 5.41) is 1.12. The van der Waals surface area contributed by atoms with E-state index in [1.807, 2.05) is 18.2 Å². The van der Waals surface area contributed by atoms with Crippen molar-refractivity contribution < 1.29 is 9.53 Å². The van der Waals surface area contributed by atoms with Gasteiger partial charge in [-0.1, -0.05) is 58.2 Å². The average Bonchev–Trinajstić information content (AvgIpc) is 2.66. The summed E-state index contributed by atoms with van der Waals surface area (Å²) in [5.74, 6) is 0.918. The second-order valence-corrected chi connectivity index (χ2v) is 8.12. The Bertz CT molecular complexity index is 744. The fourth-order valence-corrected chi connectivity index (χ4v) is 3.32. The number of Topliss-reactive ketones (excluding diaryl/α,β-unsaturated/α-hetero) is 1. The number of nitrogens with zero attached hydrogens (tertiary/aromatic N) is 1. The zero-order valence-electron chi connectivity index (χ0n) is 15.6. The highest BCUT2D eigenvalue weighted by Crippen LogP contribution is 2.28. The second-order valence-electron chi connectivity index (χ2n) is 6.39. The molecule has 2 aromatic carbocycles. The predicted molar refractivity (Wildman–Crippen MR) is 116 cm³/mol. The van der Waals surface area contributed by atoms with E-state index in [9.17, 15) is 4.79 Å². The Balaban J connectivity index is 0.000000223. The summed E-state index contributed by atoms with van der Waals surface area (Å²) in [6.07, 6.45) is 2.46. The topological polar surface area (TPSA) is 29.5 Å². The highest BCUT2D eigenvalue weighted by atomic mass is 79.9. The van der Waals surface area contributed by atoms with Gasteiger partial charge in [-0.15, -0.1) is 0 Å². The highest BCUT2D eigenvalue weighted by molar-refractivity contribution is 9.10.